The summed E-state index contributed by atoms with van der Waals surface area (Å²) in [7, 11) is -4.33. The van der Waals surface area contributed by atoms with Gasteiger partial charge >= 0.3 is 5.97 Å². The number of nitrogens with one attached hydrogen (secondary N) is 1. The average Bonchev–Trinajstić information content (AvgIpc) is 2.99. The van der Waals surface area contributed by atoms with Crippen LogP contribution < -0.4 is 4.72 Å². The van der Waals surface area contributed by atoms with E-state index in [1.54, 1.807) is 6.92 Å². The van der Waals surface area contributed by atoms with Gasteiger partial charge in [-0.1, -0.05) is 6.07 Å². The minimum atomic E-state index is -4.33. The summed E-state index contributed by atoms with van der Waals surface area (Å²) in [6.45, 7) is 1.62. The smallest absolute Gasteiger partial charge is 0.349 e. The molecule has 0 fully saturated rings. The predicted molar refractivity (Wildman–Crippen MR) is 94.9 cm³/mol. The second kappa shape index (κ2) is 7.00. The van der Waals surface area contributed by atoms with E-state index in [1.165, 1.54) is 24.3 Å². The van der Waals surface area contributed by atoms with Crippen LogP contribution >= 0.6 is 11.3 Å². The van der Waals surface area contributed by atoms with Crippen LogP contribution in [0.15, 0.2) is 47.4 Å². The lowest BCUT2D eigenvalue weighted by atomic mass is 10.2. The number of anilines is 1. The number of hydrogen-bond donors (Lipinski definition) is 1. The molecule has 0 unspecified atom stereocenters. The Morgan fingerprint density at radius 1 is 1.15 bits per heavy atom. The van der Waals surface area contributed by atoms with Gasteiger partial charge in [0, 0.05) is 15.8 Å². The Morgan fingerprint density at radius 2 is 1.85 bits per heavy atom. The second-order valence-corrected chi connectivity index (χ2v) is 7.88. The van der Waals surface area contributed by atoms with Gasteiger partial charge in [-0.05, 0) is 43.3 Å². The van der Waals surface area contributed by atoms with Gasteiger partial charge < -0.3 is 4.74 Å². The number of rotatable bonds is 5. The van der Waals surface area contributed by atoms with Crippen molar-refractivity contribution in [3.8, 4) is 0 Å². The highest BCUT2D eigenvalue weighted by Gasteiger charge is 2.31. The van der Waals surface area contributed by atoms with Crippen LogP contribution in [0.4, 0.5) is 14.5 Å². The van der Waals surface area contributed by atoms with Crippen LogP contribution in [0, 0.1) is 11.6 Å². The lowest BCUT2D eigenvalue weighted by molar-refractivity contribution is 0.0528. The number of hydrogen-bond acceptors (Lipinski definition) is 5. The minimum absolute atomic E-state index is 0.0421. The Labute approximate surface area is 152 Å². The molecule has 1 N–H and O–H groups in total. The van der Waals surface area contributed by atoms with Gasteiger partial charge in [0.2, 0.25) is 0 Å². The molecule has 0 aliphatic carbocycles. The van der Waals surface area contributed by atoms with Gasteiger partial charge in [0.05, 0.1) is 6.61 Å². The van der Waals surface area contributed by atoms with Crippen LogP contribution in [-0.4, -0.2) is 21.0 Å². The molecule has 0 aliphatic heterocycles. The highest BCUT2D eigenvalue weighted by molar-refractivity contribution is 7.93. The van der Waals surface area contributed by atoms with Crippen molar-refractivity contribution in [2.24, 2.45) is 0 Å². The molecule has 0 amide bonds. The molecule has 0 saturated carbocycles. The van der Waals surface area contributed by atoms with Gasteiger partial charge in [-0.3, -0.25) is 4.72 Å². The number of carbonyl (C=O) groups is 1. The molecule has 5 nitrogen and oxygen atoms in total. The van der Waals surface area contributed by atoms with Crippen molar-refractivity contribution in [1.29, 1.82) is 0 Å². The standard InChI is InChI=1S/C17H13F2NO4S2/c1-2-24-17(21)15-16(14-12(19)4-3-5-13(14)25-15)26(22,23)20-11-8-6-10(18)7-9-11/h3-9,20H,2H2,1H3. The van der Waals surface area contributed by atoms with Crippen LogP contribution in [-0.2, 0) is 14.8 Å². The molecular weight excluding hydrogens is 384 g/mol. The molecule has 1 aromatic heterocycles. The van der Waals surface area contributed by atoms with E-state index in [0.717, 1.165) is 29.5 Å². The third kappa shape index (κ3) is 3.40. The highest BCUT2D eigenvalue weighted by atomic mass is 32.2. The van der Waals surface area contributed by atoms with Gasteiger partial charge in [-0.15, -0.1) is 11.3 Å². The zero-order valence-corrected chi connectivity index (χ0v) is 15.1. The topological polar surface area (TPSA) is 72.5 Å². The van der Waals surface area contributed by atoms with Crippen LogP contribution in [0.2, 0.25) is 0 Å². The number of fused-ring (bicyclic) bond motifs is 1. The zero-order chi connectivity index (χ0) is 18.9. The summed E-state index contributed by atoms with van der Waals surface area (Å²) in [6.07, 6.45) is 0. The molecule has 3 aromatic rings. The van der Waals surface area contributed by atoms with E-state index in [4.69, 9.17) is 4.74 Å². The molecule has 0 saturated heterocycles. The summed E-state index contributed by atoms with van der Waals surface area (Å²) in [5, 5.41) is -0.185. The first-order chi connectivity index (χ1) is 12.3. The Kier molecular flexibility index (Phi) is 4.92. The summed E-state index contributed by atoms with van der Waals surface area (Å²) in [6, 6.07) is 8.66. The summed E-state index contributed by atoms with van der Waals surface area (Å²) in [5.74, 6) is -2.16. The van der Waals surface area contributed by atoms with E-state index in [9.17, 15) is 22.0 Å². The van der Waals surface area contributed by atoms with Crippen molar-refractivity contribution < 1.29 is 26.7 Å². The quantitative estimate of drug-likeness (QED) is 0.657. The molecule has 0 aliphatic rings. The van der Waals surface area contributed by atoms with Crippen molar-refractivity contribution in [3.05, 3.63) is 59.0 Å². The number of esters is 1. The Bertz CT molecular complexity index is 1080. The fourth-order valence-electron chi connectivity index (χ4n) is 2.39. The lowest BCUT2D eigenvalue weighted by Gasteiger charge is -2.09. The first kappa shape index (κ1) is 18.3. The second-order valence-electron chi connectivity index (χ2n) is 5.21. The minimum Gasteiger partial charge on any atom is -0.462 e. The average molecular weight is 397 g/mol. The zero-order valence-electron chi connectivity index (χ0n) is 13.5. The van der Waals surface area contributed by atoms with E-state index < -0.39 is 32.5 Å². The highest BCUT2D eigenvalue weighted by Crippen LogP contribution is 2.37. The maximum atomic E-state index is 14.3. The Hall–Kier alpha value is -2.52. The van der Waals surface area contributed by atoms with Crippen molar-refractivity contribution in [1.82, 2.24) is 0 Å². The molecule has 26 heavy (non-hydrogen) atoms. The molecule has 1 heterocycles. The fraction of sp³-hybridized carbons (Fsp3) is 0.118. The van der Waals surface area contributed by atoms with Crippen LogP contribution in [0.25, 0.3) is 10.1 Å². The Morgan fingerprint density at radius 3 is 2.50 bits per heavy atom. The molecular formula is C17H13F2NO4S2. The van der Waals surface area contributed by atoms with E-state index in [-0.39, 0.29) is 22.6 Å². The molecule has 0 spiro atoms. The van der Waals surface area contributed by atoms with Gasteiger partial charge in [0.1, 0.15) is 21.4 Å². The van der Waals surface area contributed by atoms with Gasteiger partial charge in [0.15, 0.2) is 0 Å². The number of ether oxygens (including phenoxy) is 1. The summed E-state index contributed by atoms with van der Waals surface area (Å²) < 4.78 is 60.6. The molecule has 2 aromatic carbocycles. The van der Waals surface area contributed by atoms with Gasteiger partial charge in [-0.2, -0.15) is 0 Å². The van der Waals surface area contributed by atoms with Crippen LogP contribution in [0.3, 0.4) is 0 Å². The number of halogens is 2. The lowest BCUT2D eigenvalue weighted by Crippen LogP contribution is -2.17. The van der Waals surface area contributed by atoms with Crippen LogP contribution in [0.1, 0.15) is 16.6 Å². The number of benzene rings is 2. The van der Waals surface area contributed by atoms with Crippen molar-refractivity contribution in [2.45, 2.75) is 11.8 Å². The number of thiophene rings is 1. The number of carbonyl (C=O) groups excluding carboxylic acids is 1. The molecule has 136 valence electrons. The largest absolute Gasteiger partial charge is 0.462 e. The predicted octanol–water partition coefficient (Wildman–Crippen LogP) is 4.16. The summed E-state index contributed by atoms with van der Waals surface area (Å²) in [5.41, 5.74) is 0.0805. The summed E-state index contributed by atoms with van der Waals surface area (Å²) >= 11 is 0.832. The molecule has 0 atom stereocenters. The third-order valence-electron chi connectivity index (χ3n) is 3.45. The van der Waals surface area contributed by atoms with E-state index in [0.29, 0.717) is 4.70 Å². The molecule has 0 radical (unpaired) electrons. The van der Waals surface area contributed by atoms with Crippen LogP contribution in [0.5, 0.6) is 0 Å². The Balaban J connectivity index is 2.19. The van der Waals surface area contributed by atoms with E-state index in [2.05, 4.69) is 4.72 Å². The monoisotopic (exact) mass is 397 g/mol. The van der Waals surface area contributed by atoms with Gasteiger partial charge in [-0.25, -0.2) is 22.0 Å². The van der Waals surface area contributed by atoms with Crippen molar-refractivity contribution >= 4 is 43.1 Å². The summed E-state index contributed by atoms with van der Waals surface area (Å²) in [4.78, 5) is 11.5. The molecule has 3 rings (SSSR count). The normalized spacial score (nSPS) is 11.5. The van der Waals surface area contributed by atoms with Crippen molar-refractivity contribution in [3.63, 3.8) is 0 Å². The van der Waals surface area contributed by atoms with Crippen molar-refractivity contribution in [2.75, 3.05) is 11.3 Å². The molecule has 0 bridgehead atoms. The fourth-order valence-corrected chi connectivity index (χ4v) is 5.27. The number of sulfonamides is 1. The van der Waals surface area contributed by atoms with E-state index in [1.807, 2.05) is 0 Å². The van der Waals surface area contributed by atoms with E-state index >= 15 is 0 Å². The maximum absolute atomic E-state index is 14.3. The maximum Gasteiger partial charge on any atom is 0.349 e. The van der Waals surface area contributed by atoms with Gasteiger partial charge in [0.25, 0.3) is 10.0 Å². The first-order valence-electron chi connectivity index (χ1n) is 7.50. The molecule has 9 heteroatoms. The SMILES string of the molecule is CCOC(=O)c1sc2cccc(F)c2c1S(=O)(=O)Nc1ccc(F)cc1. The first-order valence-corrected chi connectivity index (χ1v) is 9.80. The third-order valence-corrected chi connectivity index (χ3v) is 6.16.